The maximum absolute atomic E-state index is 12.7. The van der Waals surface area contributed by atoms with Gasteiger partial charge in [-0.1, -0.05) is 6.07 Å². The molecule has 0 radical (unpaired) electrons. The van der Waals surface area contributed by atoms with Crippen molar-refractivity contribution in [2.75, 3.05) is 40.0 Å². The van der Waals surface area contributed by atoms with Crippen LogP contribution in [0.3, 0.4) is 0 Å². The molecule has 2 heterocycles. The lowest BCUT2D eigenvalue weighted by atomic mass is 9.49. The molecule has 1 saturated heterocycles. The van der Waals surface area contributed by atoms with Gasteiger partial charge in [0, 0.05) is 18.5 Å². The molecule has 0 spiro atoms. The second-order valence-electron chi connectivity index (χ2n) is 10.7. The molecule has 0 unspecified atom stereocenters. The van der Waals surface area contributed by atoms with Crippen LogP contribution in [0.15, 0.2) is 28.9 Å². The van der Waals surface area contributed by atoms with Gasteiger partial charge in [-0.05, 0) is 80.1 Å². The number of esters is 1. The van der Waals surface area contributed by atoms with Crippen molar-refractivity contribution in [2.45, 2.75) is 38.5 Å². The third-order valence-electron chi connectivity index (χ3n) is 8.32. The van der Waals surface area contributed by atoms with E-state index in [1.807, 2.05) is 6.07 Å². The normalized spacial score (nSPS) is 32.5. The topological polar surface area (TPSA) is 86.7 Å². The number of hydrogen-bond acceptors (Lipinski definition) is 7. The van der Waals surface area contributed by atoms with E-state index < -0.39 is 0 Å². The lowest BCUT2D eigenvalue weighted by molar-refractivity contribution is -0.137. The Kier molecular flexibility index (Phi) is 5.79. The van der Waals surface area contributed by atoms with Gasteiger partial charge in [0.1, 0.15) is 0 Å². The summed E-state index contributed by atoms with van der Waals surface area (Å²) in [5.74, 6) is 3.40. The third-order valence-corrected chi connectivity index (χ3v) is 8.32. The maximum Gasteiger partial charge on any atom is 0.363 e. The van der Waals surface area contributed by atoms with Crippen LogP contribution < -0.4 is 9.47 Å². The van der Waals surface area contributed by atoms with Crippen LogP contribution in [0, 0.1) is 23.2 Å². The highest BCUT2D eigenvalue weighted by Gasteiger charge is 2.55. The molecule has 1 aromatic rings. The van der Waals surface area contributed by atoms with Crippen molar-refractivity contribution in [3.8, 4) is 11.5 Å². The molecule has 0 aromatic heterocycles. The Labute approximate surface area is 205 Å². The second kappa shape index (κ2) is 8.97. The van der Waals surface area contributed by atoms with Crippen LogP contribution in [0.4, 0.5) is 0 Å². The van der Waals surface area contributed by atoms with Crippen LogP contribution in [0.5, 0.6) is 11.5 Å². The Morgan fingerprint density at radius 1 is 1.11 bits per heavy atom. The fourth-order valence-electron chi connectivity index (χ4n) is 7.10. The summed E-state index contributed by atoms with van der Waals surface area (Å²) in [6, 6.07) is 5.37. The largest absolute Gasteiger partial charge is 0.493 e. The Bertz CT molecular complexity index is 1050. The van der Waals surface area contributed by atoms with E-state index in [1.165, 1.54) is 19.3 Å². The molecule has 8 nitrogen and oxygen atoms in total. The number of ether oxygens (including phenoxy) is 4. The number of benzene rings is 1. The molecule has 0 atom stereocenters. The quantitative estimate of drug-likeness (QED) is 0.458. The molecule has 186 valence electrons. The van der Waals surface area contributed by atoms with E-state index in [-0.39, 0.29) is 23.9 Å². The fraction of sp³-hybridized carbons (Fsp3) is 0.593. The SMILES string of the molecule is COc1cc(/C=C2\N=C(C34CC5CC(CC(C5)C3)C4)OC2=O)ccc1OCC(=O)N1CCOCC1. The number of nitrogens with zero attached hydrogens (tertiary/aromatic N) is 2. The van der Waals surface area contributed by atoms with Crippen LogP contribution in [0.1, 0.15) is 44.1 Å². The lowest BCUT2D eigenvalue weighted by Crippen LogP contribution is -2.50. The molecule has 35 heavy (non-hydrogen) atoms. The first-order valence-corrected chi connectivity index (χ1v) is 12.7. The molecule has 1 aromatic carbocycles. The zero-order valence-corrected chi connectivity index (χ0v) is 20.2. The predicted octanol–water partition coefficient (Wildman–Crippen LogP) is 3.45. The van der Waals surface area contributed by atoms with Crippen molar-refractivity contribution in [3.63, 3.8) is 0 Å². The first-order valence-electron chi connectivity index (χ1n) is 12.7. The van der Waals surface area contributed by atoms with Gasteiger partial charge in [0.2, 0.25) is 5.90 Å². The van der Waals surface area contributed by atoms with E-state index in [2.05, 4.69) is 0 Å². The van der Waals surface area contributed by atoms with Crippen molar-refractivity contribution in [1.29, 1.82) is 0 Å². The smallest absolute Gasteiger partial charge is 0.363 e. The first-order chi connectivity index (χ1) is 17.0. The molecule has 6 aliphatic rings. The molecule has 4 saturated carbocycles. The molecule has 0 N–H and O–H groups in total. The standard InChI is InChI=1S/C27H32N2O6/c1-32-23-12-17(2-3-22(23)34-16-24(30)29-4-6-33-7-5-29)11-21-25(31)35-26(28-21)27-13-18-8-19(14-27)10-20(9-18)15-27/h2-3,11-12,18-20H,4-10,13-16H2,1H3/b21-11-. The highest BCUT2D eigenvalue weighted by Crippen LogP contribution is 2.61. The number of hydrogen-bond donors (Lipinski definition) is 0. The monoisotopic (exact) mass is 480 g/mol. The van der Waals surface area contributed by atoms with Crippen molar-refractivity contribution in [2.24, 2.45) is 28.2 Å². The fourth-order valence-corrected chi connectivity index (χ4v) is 7.10. The number of rotatable bonds is 6. The summed E-state index contributed by atoms with van der Waals surface area (Å²) < 4.78 is 22.3. The van der Waals surface area contributed by atoms with E-state index >= 15 is 0 Å². The van der Waals surface area contributed by atoms with Gasteiger partial charge in [-0.15, -0.1) is 0 Å². The Morgan fingerprint density at radius 2 is 1.80 bits per heavy atom. The van der Waals surface area contributed by atoms with E-state index in [4.69, 9.17) is 23.9 Å². The van der Waals surface area contributed by atoms with E-state index in [9.17, 15) is 9.59 Å². The minimum Gasteiger partial charge on any atom is -0.493 e. The second-order valence-corrected chi connectivity index (χ2v) is 10.7. The first kappa shape index (κ1) is 22.6. The Morgan fingerprint density at radius 3 is 2.46 bits per heavy atom. The van der Waals surface area contributed by atoms with Crippen molar-refractivity contribution in [1.82, 2.24) is 4.90 Å². The van der Waals surface area contributed by atoms with Gasteiger partial charge in [0.15, 0.2) is 23.8 Å². The number of methoxy groups -OCH3 is 1. The zero-order valence-electron chi connectivity index (χ0n) is 20.2. The van der Waals surface area contributed by atoms with E-state index in [1.54, 1.807) is 30.2 Å². The van der Waals surface area contributed by atoms with Gasteiger partial charge in [-0.2, -0.15) is 0 Å². The predicted molar refractivity (Wildman–Crippen MR) is 128 cm³/mol. The van der Waals surface area contributed by atoms with Crippen LogP contribution in [0.25, 0.3) is 6.08 Å². The number of amides is 1. The number of carbonyl (C=O) groups is 2. The summed E-state index contributed by atoms with van der Waals surface area (Å²) >= 11 is 0. The van der Waals surface area contributed by atoms with E-state index in [0.29, 0.717) is 49.4 Å². The minimum absolute atomic E-state index is 0.0532. The van der Waals surface area contributed by atoms with Crippen molar-refractivity contribution in [3.05, 3.63) is 29.5 Å². The highest BCUT2D eigenvalue weighted by atomic mass is 16.6. The molecular weight excluding hydrogens is 448 g/mol. The summed E-state index contributed by atoms with van der Waals surface area (Å²) in [5.41, 5.74) is 1.03. The Balaban J connectivity index is 1.17. The van der Waals surface area contributed by atoms with Gasteiger partial charge in [-0.25, -0.2) is 9.79 Å². The number of aliphatic imine (C=N–C) groups is 1. The summed E-state index contributed by atoms with van der Waals surface area (Å²) in [7, 11) is 1.55. The molecule has 4 bridgehead atoms. The average Bonchev–Trinajstić information content (AvgIpc) is 3.23. The van der Waals surface area contributed by atoms with Gasteiger partial charge >= 0.3 is 5.97 Å². The van der Waals surface area contributed by atoms with Crippen LogP contribution in [-0.4, -0.2) is 62.7 Å². The number of carbonyl (C=O) groups excluding carboxylic acids is 2. The molecule has 2 aliphatic heterocycles. The van der Waals surface area contributed by atoms with Gasteiger partial charge in [0.25, 0.3) is 5.91 Å². The van der Waals surface area contributed by atoms with E-state index in [0.717, 1.165) is 42.6 Å². The van der Waals surface area contributed by atoms with Crippen LogP contribution in [-0.2, 0) is 19.1 Å². The molecular formula is C27H32N2O6. The molecule has 4 aliphatic carbocycles. The van der Waals surface area contributed by atoms with Crippen LogP contribution in [0.2, 0.25) is 0 Å². The van der Waals surface area contributed by atoms with Gasteiger partial charge < -0.3 is 23.8 Å². The number of morpholine rings is 1. The zero-order chi connectivity index (χ0) is 24.0. The lowest BCUT2D eigenvalue weighted by Gasteiger charge is -2.55. The third kappa shape index (κ3) is 4.33. The maximum atomic E-state index is 12.7. The van der Waals surface area contributed by atoms with Gasteiger partial charge in [0.05, 0.1) is 20.3 Å². The van der Waals surface area contributed by atoms with Crippen LogP contribution >= 0.6 is 0 Å². The summed E-state index contributed by atoms with van der Waals surface area (Å²) in [6.07, 6.45) is 9.02. The van der Waals surface area contributed by atoms with Crippen molar-refractivity contribution >= 4 is 23.9 Å². The summed E-state index contributed by atoms with van der Waals surface area (Å²) in [4.78, 5) is 31.6. The molecule has 1 amide bonds. The Hall–Kier alpha value is -2.87. The molecule has 5 fully saturated rings. The summed E-state index contributed by atoms with van der Waals surface area (Å²) in [6.45, 7) is 2.19. The highest BCUT2D eigenvalue weighted by molar-refractivity contribution is 6.09. The molecule has 8 heteroatoms. The molecule has 7 rings (SSSR count). The van der Waals surface area contributed by atoms with Gasteiger partial charge in [-0.3, -0.25) is 4.79 Å². The number of cyclic esters (lactones) is 1. The summed E-state index contributed by atoms with van der Waals surface area (Å²) in [5, 5.41) is 0. The average molecular weight is 481 g/mol. The van der Waals surface area contributed by atoms with Crippen molar-refractivity contribution < 1.29 is 28.5 Å². The minimum atomic E-state index is -0.383.